The molecule has 134 valence electrons. The van der Waals surface area contributed by atoms with Gasteiger partial charge in [-0.25, -0.2) is 15.0 Å². The van der Waals surface area contributed by atoms with E-state index < -0.39 is 18.4 Å². The van der Waals surface area contributed by atoms with Crippen molar-refractivity contribution in [1.29, 1.82) is 0 Å². The van der Waals surface area contributed by atoms with Crippen LogP contribution in [0.3, 0.4) is 0 Å². The van der Waals surface area contributed by atoms with Crippen molar-refractivity contribution in [2.24, 2.45) is 0 Å². The molecular weight excluding hydrogens is 338 g/mol. The number of nitrogens with one attached hydrogen (secondary N) is 1. The zero-order valence-electron chi connectivity index (χ0n) is 13.7. The second-order valence-corrected chi connectivity index (χ2v) is 6.00. The topological polar surface area (TPSA) is 122 Å². The first-order valence-electron chi connectivity index (χ1n) is 8.15. The molecule has 2 aromatic heterocycles. The highest BCUT2D eigenvalue weighted by Crippen LogP contribution is 2.31. The SMILES string of the molecule is O=C(Nc1ncnc2c1ncn2[C@@H]1O[C@H](CO)C[C@@H]1O)c1ccccc1. The second-order valence-electron chi connectivity index (χ2n) is 6.00. The highest BCUT2D eigenvalue weighted by atomic mass is 16.5. The molecule has 0 bridgehead atoms. The summed E-state index contributed by atoms with van der Waals surface area (Å²) in [5.41, 5.74) is 1.31. The lowest BCUT2D eigenvalue weighted by atomic mass is 10.2. The Kier molecular flexibility index (Phi) is 4.33. The van der Waals surface area contributed by atoms with E-state index in [9.17, 15) is 15.0 Å². The summed E-state index contributed by atoms with van der Waals surface area (Å²) in [5, 5.41) is 22.1. The van der Waals surface area contributed by atoms with E-state index in [4.69, 9.17) is 4.74 Å². The highest BCUT2D eigenvalue weighted by Gasteiger charge is 2.36. The summed E-state index contributed by atoms with van der Waals surface area (Å²) in [7, 11) is 0. The predicted molar refractivity (Wildman–Crippen MR) is 91.3 cm³/mol. The van der Waals surface area contributed by atoms with Crippen molar-refractivity contribution in [2.45, 2.75) is 24.9 Å². The summed E-state index contributed by atoms with van der Waals surface area (Å²) in [6, 6.07) is 8.77. The molecule has 0 radical (unpaired) electrons. The van der Waals surface area contributed by atoms with Crippen molar-refractivity contribution in [3.05, 3.63) is 48.5 Å². The highest BCUT2D eigenvalue weighted by molar-refractivity contribution is 6.06. The number of aromatic nitrogens is 4. The van der Waals surface area contributed by atoms with E-state index in [-0.39, 0.29) is 18.3 Å². The van der Waals surface area contributed by atoms with Crippen LogP contribution in [0, 0.1) is 0 Å². The van der Waals surface area contributed by atoms with Crippen LogP contribution in [0.1, 0.15) is 23.0 Å². The van der Waals surface area contributed by atoms with Gasteiger partial charge in [0.25, 0.3) is 5.91 Å². The molecule has 1 amide bonds. The number of ether oxygens (including phenoxy) is 1. The minimum atomic E-state index is -0.790. The number of carbonyl (C=O) groups excluding carboxylic acids is 1. The van der Waals surface area contributed by atoms with Crippen LogP contribution in [-0.2, 0) is 4.74 Å². The summed E-state index contributed by atoms with van der Waals surface area (Å²) >= 11 is 0. The number of imidazole rings is 1. The molecule has 3 N–H and O–H groups in total. The summed E-state index contributed by atoms with van der Waals surface area (Å²) in [6.07, 6.45) is 1.18. The van der Waals surface area contributed by atoms with Gasteiger partial charge in [0.2, 0.25) is 0 Å². The van der Waals surface area contributed by atoms with Gasteiger partial charge in [-0.3, -0.25) is 9.36 Å². The monoisotopic (exact) mass is 355 g/mol. The summed E-state index contributed by atoms with van der Waals surface area (Å²) < 4.78 is 7.22. The van der Waals surface area contributed by atoms with Crippen molar-refractivity contribution in [1.82, 2.24) is 19.5 Å². The molecule has 1 fully saturated rings. The number of hydrogen-bond acceptors (Lipinski definition) is 7. The Hall–Kier alpha value is -2.88. The minimum absolute atomic E-state index is 0.173. The number of hydrogen-bond donors (Lipinski definition) is 3. The van der Waals surface area contributed by atoms with E-state index in [0.29, 0.717) is 23.1 Å². The molecule has 1 aliphatic heterocycles. The van der Waals surface area contributed by atoms with Crippen molar-refractivity contribution in [2.75, 3.05) is 11.9 Å². The number of rotatable bonds is 4. The fourth-order valence-corrected chi connectivity index (χ4v) is 3.00. The van der Waals surface area contributed by atoms with E-state index in [2.05, 4.69) is 20.3 Å². The number of carbonyl (C=O) groups is 1. The Morgan fingerprint density at radius 1 is 1.27 bits per heavy atom. The van der Waals surface area contributed by atoms with Gasteiger partial charge in [-0.15, -0.1) is 0 Å². The van der Waals surface area contributed by atoms with Gasteiger partial charge in [0.15, 0.2) is 23.2 Å². The Morgan fingerprint density at radius 2 is 2.08 bits per heavy atom. The number of amides is 1. The molecule has 26 heavy (non-hydrogen) atoms. The standard InChI is InChI=1S/C17H17N5O4/c23-7-11-6-12(24)17(26-11)22-9-20-13-14(18-8-19-15(13)22)21-16(25)10-4-2-1-3-5-10/h1-5,8-9,11-12,17,23-24H,6-7H2,(H,18,19,21,25)/t11-,12-,17+/m0/s1. The van der Waals surface area contributed by atoms with E-state index in [0.717, 1.165) is 0 Å². The van der Waals surface area contributed by atoms with Gasteiger partial charge in [-0.1, -0.05) is 18.2 Å². The number of benzene rings is 1. The van der Waals surface area contributed by atoms with Gasteiger partial charge >= 0.3 is 0 Å². The Labute approximate surface area is 148 Å². The average molecular weight is 355 g/mol. The van der Waals surface area contributed by atoms with Crippen LogP contribution < -0.4 is 5.32 Å². The molecule has 1 aliphatic rings. The predicted octanol–water partition coefficient (Wildman–Crippen LogP) is 0.719. The molecule has 0 saturated carbocycles. The summed E-state index contributed by atoms with van der Waals surface area (Å²) in [6.45, 7) is -0.173. The van der Waals surface area contributed by atoms with Crippen molar-refractivity contribution in [3.8, 4) is 0 Å². The lowest BCUT2D eigenvalue weighted by Gasteiger charge is -2.16. The van der Waals surface area contributed by atoms with Gasteiger partial charge in [0.1, 0.15) is 12.4 Å². The van der Waals surface area contributed by atoms with Crippen LogP contribution in [0.2, 0.25) is 0 Å². The molecule has 0 aliphatic carbocycles. The zero-order valence-corrected chi connectivity index (χ0v) is 13.7. The summed E-state index contributed by atoms with van der Waals surface area (Å²) in [5.74, 6) is -0.0357. The van der Waals surface area contributed by atoms with E-state index in [1.807, 2.05) is 6.07 Å². The fraction of sp³-hybridized carbons (Fsp3) is 0.294. The maximum absolute atomic E-state index is 12.4. The molecule has 1 saturated heterocycles. The van der Waals surface area contributed by atoms with E-state index in [1.54, 1.807) is 28.8 Å². The number of aliphatic hydroxyl groups is 2. The first-order chi connectivity index (χ1) is 12.7. The molecule has 0 unspecified atom stereocenters. The van der Waals surface area contributed by atoms with Gasteiger partial charge < -0.3 is 20.3 Å². The number of fused-ring (bicyclic) bond motifs is 1. The minimum Gasteiger partial charge on any atom is -0.394 e. The molecule has 1 aromatic carbocycles. The number of nitrogens with zero attached hydrogens (tertiary/aromatic N) is 4. The summed E-state index contributed by atoms with van der Waals surface area (Å²) in [4.78, 5) is 24.9. The fourth-order valence-electron chi connectivity index (χ4n) is 3.00. The molecule has 4 rings (SSSR count). The number of aliphatic hydroxyl groups excluding tert-OH is 2. The van der Waals surface area contributed by atoms with Crippen LogP contribution in [0.5, 0.6) is 0 Å². The first-order valence-corrected chi connectivity index (χ1v) is 8.15. The van der Waals surface area contributed by atoms with Gasteiger partial charge in [-0.2, -0.15) is 0 Å². The van der Waals surface area contributed by atoms with Crippen LogP contribution >= 0.6 is 0 Å². The van der Waals surface area contributed by atoms with E-state index >= 15 is 0 Å². The third-order valence-corrected chi connectivity index (χ3v) is 4.27. The van der Waals surface area contributed by atoms with Crippen LogP contribution in [0.15, 0.2) is 43.0 Å². The Balaban J connectivity index is 1.64. The van der Waals surface area contributed by atoms with Crippen LogP contribution in [-0.4, -0.2) is 54.5 Å². The molecule has 3 aromatic rings. The second kappa shape index (κ2) is 6.79. The first kappa shape index (κ1) is 16.6. The lowest BCUT2D eigenvalue weighted by Crippen LogP contribution is -2.19. The van der Waals surface area contributed by atoms with Crippen molar-refractivity contribution in [3.63, 3.8) is 0 Å². The molecule has 3 atom stereocenters. The van der Waals surface area contributed by atoms with Crippen molar-refractivity contribution < 1.29 is 19.7 Å². The molecular formula is C17H17N5O4. The third kappa shape index (κ3) is 2.92. The lowest BCUT2D eigenvalue weighted by molar-refractivity contribution is -0.0486. The normalized spacial score (nSPS) is 22.6. The molecule has 0 spiro atoms. The largest absolute Gasteiger partial charge is 0.394 e. The quantitative estimate of drug-likeness (QED) is 0.630. The zero-order chi connectivity index (χ0) is 18.1. The number of anilines is 1. The Bertz CT molecular complexity index is 929. The average Bonchev–Trinajstić information content (AvgIpc) is 3.26. The van der Waals surface area contributed by atoms with Crippen molar-refractivity contribution >= 4 is 22.9 Å². The smallest absolute Gasteiger partial charge is 0.256 e. The van der Waals surface area contributed by atoms with Gasteiger partial charge in [-0.05, 0) is 12.1 Å². The maximum atomic E-state index is 12.4. The van der Waals surface area contributed by atoms with Crippen LogP contribution in [0.25, 0.3) is 11.2 Å². The Morgan fingerprint density at radius 3 is 2.81 bits per heavy atom. The van der Waals surface area contributed by atoms with Gasteiger partial charge in [0.05, 0.1) is 19.0 Å². The molecule has 9 nitrogen and oxygen atoms in total. The third-order valence-electron chi connectivity index (χ3n) is 4.27. The van der Waals surface area contributed by atoms with Gasteiger partial charge in [0, 0.05) is 12.0 Å². The maximum Gasteiger partial charge on any atom is 0.256 e. The van der Waals surface area contributed by atoms with Crippen LogP contribution in [0.4, 0.5) is 5.82 Å². The van der Waals surface area contributed by atoms with E-state index in [1.165, 1.54) is 12.7 Å². The molecule has 3 heterocycles. The molecule has 9 heteroatoms.